The van der Waals surface area contributed by atoms with Gasteiger partial charge in [-0.05, 0) is 25.1 Å². The number of benzene rings is 1. The first-order valence-electron chi connectivity index (χ1n) is 5.22. The fourth-order valence-corrected chi connectivity index (χ4v) is 1.62. The van der Waals surface area contributed by atoms with Crippen molar-refractivity contribution < 1.29 is 9.21 Å². The van der Waals surface area contributed by atoms with Crippen LogP contribution in [0.25, 0.3) is 11.1 Å². The number of aryl methyl sites for hydroxylation is 1. The van der Waals surface area contributed by atoms with Crippen molar-refractivity contribution in [1.29, 1.82) is 0 Å². The predicted molar refractivity (Wildman–Crippen MR) is 61.3 cm³/mol. The normalized spacial score (nSPS) is 12.9. The molecule has 0 saturated heterocycles. The standard InChI is InChI=1S/C12H14N2O2/c1-7(13)5-11(15)9-3-4-10-12(6-9)16-8(2)14-10/h3-4,6-7H,5,13H2,1-2H3. The van der Waals surface area contributed by atoms with Crippen molar-refractivity contribution in [3.05, 3.63) is 29.7 Å². The summed E-state index contributed by atoms with van der Waals surface area (Å²) in [7, 11) is 0. The van der Waals surface area contributed by atoms with Gasteiger partial charge in [-0.1, -0.05) is 0 Å². The van der Waals surface area contributed by atoms with Crippen LogP contribution >= 0.6 is 0 Å². The van der Waals surface area contributed by atoms with Gasteiger partial charge in [-0.15, -0.1) is 0 Å². The molecule has 1 aromatic carbocycles. The van der Waals surface area contributed by atoms with Crippen molar-refractivity contribution in [2.24, 2.45) is 5.73 Å². The molecule has 0 aliphatic heterocycles. The van der Waals surface area contributed by atoms with Gasteiger partial charge in [-0.2, -0.15) is 0 Å². The molecule has 2 N–H and O–H groups in total. The van der Waals surface area contributed by atoms with Gasteiger partial charge in [-0.25, -0.2) is 4.98 Å². The Bertz CT molecular complexity index is 529. The molecular formula is C12H14N2O2. The zero-order chi connectivity index (χ0) is 11.7. The second kappa shape index (κ2) is 4.06. The number of Topliss-reactive ketones (excluding diaryl/α,β-unsaturated/α-hetero) is 1. The molecule has 16 heavy (non-hydrogen) atoms. The lowest BCUT2D eigenvalue weighted by Gasteiger charge is -2.03. The second-order valence-electron chi connectivity index (χ2n) is 4.02. The van der Waals surface area contributed by atoms with E-state index in [4.69, 9.17) is 10.2 Å². The fraction of sp³-hybridized carbons (Fsp3) is 0.333. The van der Waals surface area contributed by atoms with Crippen LogP contribution in [0.4, 0.5) is 0 Å². The molecule has 0 amide bonds. The van der Waals surface area contributed by atoms with Crippen LogP contribution in [0.15, 0.2) is 22.6 Å². The third-order valence-electron chi connectivity index (χ3n) is 2.32. The number of carbonyl (C=O) groups excluding carboxylic acids is 1. The molecule has 0 bridgehead atoms. The van der Waals surface area contributed by atoms with Gasteiger partial charge in [0.25, 0.3) is 0 Å². The summed E-state index contributed by atoms with van der Waals surface area (Å²) < 4.78 is 5.37. The summed E-state index contributed by atoms with van der Waals surface area (Å²) in [4.78, 5) is 15.9. The van der Waals surface area contributed by atoms with Crippen molar-refractivity contribution >= 4 is 16.9 Å². The van der Waals surface area contributed by atoms with Gasteiger partial charge in [0.2, 0.25) is 0 Å². The lowest BCUT2D eigenvalue weighted by molar-refractivity contribution is 0.0976. The van der Waals surface area contributed by atoms with Gasteiger partial charge < -0.3 is 10.2 Å². The lowest BCUT2D eigenvalue weighted by atomic mass is 10.0. The Labute approximate surface area is 93.5 Å². The van der Waals surface area contributed by atoms with Crippen LogP contribution in [0, 0.1) is 6.92 Å². The van der Waals surface area contributed by atoms with E-state index >= 15 is 0 Å². The summed E-state index contributed by atoms with van der Waals surface area (Å²) in [5.74, 6) is 0.637. The number of fused-ring (bicyclic) bond motifs is 1. The highest BCUT2D eigenvalue weighted by Gasteiger charge is 2.10. The number of rotatable bonds is 3. The minimum absolute atomic E-state index is 0.0333. The van der Waals surface area contributed by atoms with Gasteiger partial charge in [0, 0.05) is 24.9 Å². The van der Waals surface area contributed by atoms with Crippen LogP contribution in [0.2, 0.25) is 0 Å². The van der Waals surface area contributed by atoms with Gasteiger partial charge >= 0.3 is 0 Å². The van der Waals surface area contributed by atoms with Crippen molar-refractivity contribution in [2.75, 3.05) is 0 Å². The van der Waals surface area contributed by atoms with E-state index in [1.165, 1.54) is 0 Å². The summed E-state index contributed by atoms with van der Waals surface area (Å²) in [6, 6.07) is 5.15. The molecule has 1 heterocycles. The Kier molecular flexibility index (Phi) is 2.75. The van der Waals surface area contributed by atoms with Crippen LogP contribution in [-0.2, 0) is 0 Å². The van der Waals surface area contributed by atoms with Crippen LogP contribution in [0.3, 0.4) is 0 Å². The Balaban J connectivity index is 2.35. The number of hydrogen-bond acceptors (Lipinski definition) is 4. The Morgan fingerprint density at radius 1 is 1.56 bits per heavy atom. The number of aromatic nitrogens is 1. The molecule has 84 valence electrons. The maximum atomic E-state index is 11.8. The SMILES string of the molecule is Cc1nc2ccc(C(=O)CC(C)N)cc2o1. The van der Waals surface area contributed by atoms with Crippen molar-refractivity contribution in [2.45, 2.75) is 26.3 Å². The molecule has 1 unspecified atom stereocenters. The average Bonchev–Trinajstić information content (AvgIpc) is 2.55. The summed E-state index contributed by atoms with van der Waals surface area (Å²) >= 11 is 0. The summed E-state index contributed by atoms with van der Waals surface area (Å²) in [5.41, 5.74) is 7.64. The zero-order valence-electron chi connectivity index (χ0n) is 9.36. The van der Waals surface area contributed by atoms with E-state index < -0.39 is 0 Å². The average molecular weight is 218 g/mol. The molecule has 0 spiro atoms. The molecule has 0 aliphatic rings. The zero-order valence-corrected chi connectivity index (χ0v) is 9.36. The molecule has 0 aliphatic carbocycles. The minimum atomic E-state index is -0.125. The predicted octanol–water partition coefficient (Wildman–Crippen LogP) is 2.06. The van der Waals surface area contributed by atoms with E-state index in [1.807, 2.05) is 6.92 Å². The summed E-state index contributed by atoms with van der Waals surface area (Å²) in [6.07, 6.45) is 0.346. The van der Waals surface area contributed by atoms with Gasteiger partial charge in [0.15, 0.2) is 17.3 Å². The van der Waals surface area contributed by atoms with Crippen molar-refractivity contribution in [3.63, 3.8) is 0 Å². The molecular weight excluding hydrogens is 204 g/mol. The first kappa shape index (κ1) is 10.8. The molecule has 1 aromatic heterocycles. The van der Waals surface area contributed by atoms with Gasteiger partial charge in [0.05, 0.1) is 0 Å². The smallest absolute Gasteiger partial charge is 0.192 e. The summed E-state index contributed by atoms with van der Waals surface area (Å²) in [6.45, 7) is 3.60. The van der Waals surface area contributed by atoms with E-state index in [1.54, 1.807) is 25.1 Å². The third-order valence-corrected chi connectivity index (χ3v) is 2.32. The van der Waals surface area contributed by atoms with E-state index in [0.29, 0.717) is 23.5 Å². The van der Waals surface area contributed by atoms with E-state index in [2.05, 4.69) is 4.98 Å². The molecule has 0 saturated carbocycles. The molecule has 2 rings (SSSR count). The maximum absolute atomic E-state index is 11.8. The molecule has 1 atom stereocenters. The largest absolute Gasteiger partial charge is 0.441 e. The van der Waals surface area contributed by atoms with Crippen LogP contribution in [-0.4, -0.2) is 16.8 Å². The maximum Gasteiger partial charge on any atom is 0.192 e. The van der Waals surface area contributed by atoms with Crippen molar-refractivity contribution in [1.82, 2.24) is 4.98 Å². The number of ketones is 1. The highest BCUT2D eigenvalue weighted by molar-refractivity contribution is 5.98. The van der Waals surface area contributed by atoms with Crippen LogP contribution < -0.4 is 5.73 Å². The lowest BCUT2D eigenvalue weighted by Crippen LogP contribution is -2.19. The molecule has 0 fully saturated rings. The Hall–Kier alpha value is -1.68. The van der Waals surface area contributed by atoms with Crippen LogP contribution in [0.1, 0.15) is 29.6 Å². The quantitative estimate of drug-likeness (QED) is 0.800. The van der Waals surface area contributed by atoms with Gasteiger partial charge in [0.1, 0.15) is 5.52 Å². The Morgan fingerprint density at radius 2 is 2.31 bits per heavy atom. The minimum Gasteiger partial charge on any atom is -0.441 e. The highest BCUT2D eigenvalue weighted by Crippen LogP contribution is 2.17. The monoisotopic (exact) mass is 218 g/mol. The molecule has 2 aromatic rings. The van der Waals surface area contributed by atoms with E-state index in [-0.39, 0.29) is 11.8 Å². The first-order valence-corrected chi connectivity index (χ1v) is 5.22. The first-order chi connectivity index (χ1) is 7.56. The van der Waals surface area contributed by atoms with Crippen LogP contribution in [0.5, 0.6) is 0 Å². The Morgan fingerprint density at radius 3 is 3.00 bits per heavy atom. The molecule has 0 radical (unpaired) electrons. The van der Waals surface area contributed by atoms with Crippen molar-refractivity contribution in [3.8, 4) is 0 Å². The second-order valence-corrected chi connectivity index (χ2v) is 4.02. The van der Waals surface area contributed by atoms with E-state index in [9.17, 15) is 4.79 Å². The fourth-order valence-electron chi connectivity index (χ4n) is 1.62. The summed E-state index contributed by atoms with van der Waals surface area (Å²) in [5, 5.41) is 0. The number of carbonyl (C=O) groups is 1. The number of hydrogen-bond donors (Lipinski definition) is 1. The molecule has 4 nitrogen and oxygen atoms in total. The number of nitrogens with zero attached hydrogens (tertiary/aromatic N) is 1. The molecule has 4 heteroatoms. The topological polar surface area (TPSA) is 69.1 Å². The van der Waals surface area contributed by atoms with Gasteiger partial charge in [-0.3, -0.25) is 4.79 Å². The highest BCUT2D eigenvalue weighted by atomic mass is 16.3. The third kappa shape index (κ3) is 2.12. The van der Waals surface area contributed by atoms with E-state index in [0.717, 1.165) is 5.52 Å². The number of oxazole rings is 1. The number of nitrogens with two attached hydrogens (primary N) is 1.